The number of rotatable bonds is 7. The normalized spacial score (nSPS) is 15.4. The Hall–Kier alpha value is -2.93. The molecule has 0 atom stereocenters. The Bertz CT molecular complexity index is 931. The molecule has 2 aromatic carbocycles. The first-order valence-electron chi connectivity index (χ1n) is 9.83. The maximum atomic E-state index is 5.79. The molecular weight excluding hydrogens is 370 g/mol. The van der Waals surface area contributed by atoms with Crippen LogP contribution in [0.25, 0.3) is 11.1 Å². The molecule has 7 nitrogen and oxygen atoms in total. The minimum atomic E-state index is 0.353. The van der Waals surface area contributed by atoms with Crippen molar-refractivity contribution in [3.63, 3.8) is 0 Å². The number of oxazole rings is 1. The largest absolute Gasteiger partial charge is 0.496 e. The number of hydrogen-bond donors (Lipinski definition) is 1. The number of para-hydroxylation sites is 2. The van der Waals surface area contributed by atoms with Crippen LogP contribution < -0.4 is 19.5 Å². The van der Waals surface area contributed by atoms with Crippen molar-refractivity contribution in [1.82, 2.24) is 9.88 Å². The Morgan fingerprint density at radius 1 is 1.00 bits per heavy atom. The summed E-state index contributed by atoms with van der Waals surface area (Å²) in [6, 6.07) is 12.7. The first-order valence-corrected chi connectivity index (χ1v) is 9.83. The Morgan fingerprint density at radius 2 is 1.69 bits per heavy atom. The van der Waals surface area contributed by atoms with Gasteiger partial charge in [0.25, 0.3) is 6.01 Å². The molecule has 1 aliphatic heterocycles. The second-order valence-electron chi connectivity index (χ2n) is 7.20. The Labute approximate surface area is 170 Å². The van der Waals surface area contributed by atoms with E-state index in [1.807, 2.05) is 36.4 Å². The number of anilines is 1. The minimum absolute atomic E-state index is 0.353. The lowest BCUT2D eigenvalue weighted by Crippen LogP contribution is -2.38. The van der Waals surface area contributed by atoms with Gasteiger partial charge in [-0.3, -0.25) is 4.90 Å². The van der Waals surface area contributed by atoms with Gasteiger partial charge in [0, 0.05) is 37.3 Å². The fraction of sp³-hybridized carbons (Fsp3) is 0.409. The SMILES string of the molecule is COc1cc(OC)c(OC)cc1CN1CCC(Nc2nc3ccccc3o2)CC1. The Morgan fingerprint density at radius 3 is 2.38 bits per heavy atom. The summed E-state index contributed by atoms with van der Waals surface area (Å²) in [4.78, 5) is 6.94. The van der Waals surface area contributed by atoms with E-state index in [9.17, 15) is 0 Å². The molecule has 1 aliphatic rings. The van der Waals surface area contributed by atoms with E-state index in [0.29, 0.717) is 17.8 Å². The van der Waals surface area contributed by atoms with Crippen LogP contribution in [0.5, 0.6) is 17.2 Å². The molecule has 0 spiro atoms. The van der Waals surface area contributed by atoms with Gasteiger partial charge in [0.1, 0.15) is 11.3 Å². The summed E-state index contributed by atoms with van der Waals surface area (Å²) < 4.78 is 22.2. The number of nitrogens with zero attached hydrogens (tertiary/aromatic N) is 2. The van der Waals surface area contributed by atoms with Crippen LogP contribution in [0.2, 0.25) is 0 Å². The number of likely N-dealkylation sites (tertiary alicyclic amines) is 1. The summed E-state index contributed by atoms with van der Waals surface area (Å²) in [6.07, 6.45) is 2.04. The van der Waals surface area contributed by atoms with Crippen molar-refractivity contribution in [1.29, 1.82) is 0 Å². The zero-order valence-corrected chi connectivity index (χ0v) is 17.1. The average Bonchev–Trinajstić information content (AvgIpc) is 3.17. The summed E-state index contributed by atoms with van der Waals surface area (Å²) in [5.41, 5.74) is 2.79. The number of fused-ring (bicyclic) bond motifs is 1. The third-order valence-corrected chi connectivity index (χ3v) is 5.39. The van der Waals surface area contributed by atoms with Gasteiger partial charge in [-0.2, -0.15) is 4.98 Å². The van der Waals surface area contributed by atoms with Crippen LogP contribution in [0.1, 0.15) is 18.4 Å². The van der Waals surface area contributed by atoms with Crippen molar-refractivity contribution < 1.29 is 18.6 Å². The van der Waals surface area contributed by atoms with E-state index in [-0.39, 0.29) is 0 Å². The number of methoxy groups -OCH3 is 3. The van der Waals surface area contributed by atoms with Crippen molar-refractivity contribution >= 4 is 17.1 Å². The predicted octanol–water partition coefficient (Wildman–Crippen LogP) is 3.93. The molecule has 1 saturated heterocycles. The van der Waals surface area contributed by atoms with Crippen LogP contribution in [0.4, 0.5) is 6.01 Å². The highest BCUT2D eigenvalue weighted by Crippen LogP contribution is 2.35. The van der Waals surface area contributed by atoms with Crippen LogP contribution >= 0.6 is 0 Å². The highest BCUT2D eigenvalue weighted by molar-refractivity contribution is 5.74. The van der Waals surface area contributed by atoms with Crippen LogP contribution in [0.3, 0.4) is 0 Å². The van der Waals surface area contributed by atoms with Gasteiger partial charge in [-0.05, 0) is 31.0 Å². The highest BCUT2D eigenvalue weighted by atomic mass is 16.5. The van der Waals surface area contributed by atoms with Gasteiger partial charge in [0.05, 0.1) is 21.3 Å². The molecular formula is C22H27N3O4. The van der Waals surface area contributed by atoms with Crippen molar-refractivity contribution in [2.75, 3.05) is 39.7 Å². The second-order valence-corrected chi connectivity index (χ2v) is 7.20. The molecule has 3 aromatic rings. The van der Waals surface area contributed by atoms with Crippen LogP contribution in [-0.2, 0) is 6.54 Å². The molecule has 2 heterocycles. The third-order valence-electron chi connectivity index (χ3n) is 5.39. The van der Waals surface area contributed by atoms with Gasteiger partial charge in [-0.15, -0.1) is 0 Å². The molecule has 0 radical (unpaired) electrons. The van der Waals surface area contributed by atoms with E-state index in [1.165, 1.54) is 0 Å². The standard InChI is InChI=1S/C22H27N3O4/c1-26-19-13-21(28-3)20(27-2)12-15(19)14-25-10-8-16(9-11-25)23-22-24-17-6-4-5-7-18(17)29-22/h4-7,12-13,16H,8-11,14H2,1-3H3,(H,23,24). The number of ether oxygens (including phenoxy) is 3. The number of benzene rings is 2. The lowest BCUT2D eigenvalue weighted by atomic mass is 10.0. The minimum Gasteiger partial charge on any atom is -0.496 e. The van der Waals surface area contributed by atoms with Gasteiger partial charge in [-0.25, -0.2) is 0 Å². The molecule has 0 bridgehead atoms. The average molecular weight is 397 g/mol. The van der Waals surface area contributed by atoms with Gasteiger partial charge in [-0.1, -0.05) is 12.1 Å². The molecule has 0 aliphatic carbocycles. The zero-order valence-electron chi connectivity index (χ0n) is 17.1. The lowest BCUT2D eigenvalue weighted by Gasteiger charge is -2.32. The van der Waals surface area contributed by atoms with Gasteiger partial charge in [0.15, 0.2) is 17.1 Å². The maximum absolute atomic E-state index is 5.79. The van der Waals surface area contributed by atoms with Crippen molar-refractivity contribution in [2.24, 2.45) is 0 Å². The molecule has 1 aromatic heterocycles. The van der Waals surface area contributed by atoms with E-state index in [2.05, 4.69) is 15.2 Å². The molecule has 29 heavy (non-hydrogen) atoms. The first kappa shape index (κ1) is 19.4. The first-order chi connectivity index (χ1) is 14.2. The number of nitrogens with one attached hydrogen (secondary N) is 1. The third kappa shape index (κ3) is 4.24. The topological polar surface area (TPSA) is 69.0 Å². The zero-order chi connectivity index (χ0) is 20.2. The van der Waals surface area contributed by atoms with Crippen LogP contribution in [0, 0.1) is 0 Å². The Balaban J connectivity index is 1.37. The molecule has 0 amide bonds. The summed E-state index contributed by atoms with van der Waals surface area (Å²) in [5.74, 6) is 2.21. The highest BCUT2D eigenvalue weighted by Gasteiger charge is 2.22. The van der Waals surface area contributed by atoms with Crippen LogP contribution in [-0.4, -0.2) is 50.3 Å². The molecule has 0 saturated carbocycles. The maximum Gasteiger partial charge on any atom is 0.295 e. The summed E-state index contributed by atoms with van der Waals surface area (Å²) >= 11 is 0. The van der Waals surface area contributed by atoms with E-state index in [1.54, 1.807) is 21.3 Å². The van der Waals surface area contributed by atoms with E-state index >= 15 is 0 Å². The molecule has 4 rings (SSSR count). The summed E-state index contributed by atoms with van der Waals surface area (Å²) in [7, 11) is 4.96. The summed E-state index contributed by atoms with van der Waals surface area (Å²) in [6.45, 7) is 2.77. The number of hydrogen-bond acceptors (Lipinski definition) is 7. The van der Waals surface area contributed by atoms with Crippen molar-refractivity contribution in [3.8, 4) is 17.2 Å². The smallest absolute Gasteiger partial charge is 0.295 e. The van der Waals surface area contributed by atoms with E-state index in [0.717, 1.165) is 60.6 Å². The van der Waals surface area contributed by atoms with E-state index < -0.39 is 0 Å². The summed E-state index contributed by atoms with van der Waals surface area (Å²) in [5, 5.41) is 3.44. The molecule has 1 N–H and O–H groups in total. The molecule has 154 valence electrons. The van der Waals surface area contributed by atoms with Crippen LogP contribution in [0.15, 0.2) is 40.8 Å². The van der Waals surface area contributed by atoms with Crippen molar-refractivity contribution in [3.05, 3.63) is 42.0 Å². The molecule has 0 unspecified atom stereocenters. The van der Waals surface area contributed by atoms with Gasteiger partial charge in [0.2, 0.25) is 0 Å². The van der Waals surface area contributed by atoms with Crippen molar-refractivity contribution in [2.45, 2.75) is 25.4 Å². The monoisotopic (exact) mass is 397 g/mol. The number of piperidine rings is 1. The second kappa shape index (κ2) is 8.61. The Kier molecular flexibility index (Phi) is 5.76. The fourth-order valence-electron chi connectivity index (χ4n) is 3.80. The molecule has 1 fully saturated rings. The van der Waals surface area contributed by atoms with Gasteiger partial charge >= 0.3 is 0 Å². The van der Waals surface area contributed by atoms with E-state index in [4.69, 9.17) is 18.6 Å². The lowest BCUT2D eigenvalue weighted by molar-refractivity contribution is 0.207. The molecule has 7 heteroatoms. The number of aromatic nitrogens is 1. The fourth-order valence-corrected chi connectivity index (χ4v) is 3.80. The van der Waals surface area contributed by atoms with Gasteiger partial charge < -0.3 is 23.9 Å². The predicted molar refractivity (Wildman–Crippen MR) is 112 cm³/mol. The quantitative estimate of drug-likeness (QED) is 0.648.